The van der Waals surface area contributed by atoms with E-state index in [0.717, 1.165) is 49.4 Å². The SMILES string of the molecule is CC(C)COc1ccccc1/C=N\Nc1nc(N2CCCC2)nc(N2CCCC2)n1. The third-order valence-corrected chi connectivity index (χ3v) is 5.25. The Morgan fingerprint density at radius 3 is 2.17 bits per heavy atom. The molecule has 0 aliphatic carbocycles. The zero-order chi connectivity index (χ0) is 20.8. The van der Waals surface area contributed by atoms with Crippen LogP contribution in [0.4, 0.5) is 17.8 Å². The maximum absolute atomic E-state index is 5.90. The van der Waals surface area contributed by atoms with Gasteiger partial charge in [0.05, 0.1) is 12.8 Å². The predicted octanol–water partition coefficient (Wildman–Crippen LogP) is 3.55. The number of benzene rings is 1. The Bertz CT molecular complexity index is 824. The highest BCUT2D eigenvalue weighted by Crippen LogP contribution is 2.23. The van der Waals surface area contributed by atoms with Crippen LogP contribution in [0.5, 0.6) is 5.75 Å². The molecule has 0 saturated carbocycles. The van der Waals surface area contributed by atoms with Crippen molar-refractivity contribution in [1.82, 2.24) is 15.0 Å². The summed E-state index contributed by atoms with van der Waals surface area (Å²) in [5, 5.41) is 4.39. The predicted molar refractivity (Wildman–Crippen MR) is 121 cm³/mol. The summed E-state index contributed by atoms with van der Waals surface area (Å²) in [6.07, 6.45) is 6.47. The van der Waals surface area contributed by atoms with Crippen LogP contribution < -0.4 is 20.0 Å². The number of para-hydroxylation sites is 1. The molecular weight excluding hydrogens is 378 g/mol. The maximum Gasteiger partial charge on any atom is 0.250 e. The number of anilines is 3. The van der Waals surface area contributed by atoms with E-state index in [-0.39, 0.29) is 0 Å². The highest BCUT2D eigenvalue weighted by atomic mass is 16.5. The van der Waals surface area contributed by atoms with Gasteiger partial charge in [0.2, 0.25) is 17.8 Å². The number of hydrogen-bond acceptors (Lipinski definition) is 8. The molecule has 0 unspecified atom stereocenters. The monoisotopic (exact) mass is 409 g/mol. The van der Waals surface area contributed by atoms with Gasteiger partial charge in [-0.2, -0.15) is 20.1 Å². The first-order valence-electron chi connectivity index (χ1n) is 11.0. The normalized spacial score (nSPS) is 16.8. The number of ether oxygens (including phenoxy) is 1. The van der Waals surface area contributed by atoms with Crippen LogP contribution in [0.25, 0.3) is 0 Å². The molecule has 2 fully saturated rings. The van der Waals surface area contributed by atoms with Crippen molar-refractivity contribution in [1.29, 1.82) is 0 Å². The zero-order valence-electron chi connectivity index (χ0n) is 17.9. The standard InChI is InChI=1S/C22H31N7O/c1-17(2)16-30-19-10-4-3-9-18(19)15-23-27-20-24-21(28-11-5-6-12-28)26-22(25-20)29-13-7-8-14-29/h3-4,9-10,15,17H,5-8,11-14,16H2,1-2H3,(H,24,25,26,27)/b23-15-. The topological polar surface area (TPSA) is 78.8 Å². The lowest BCUT2D eigenvalue weighted by Gasteiger charge is -2.20. The van der Waals surface area contributed by atoms with Crippen LogP contribution in [0.15, 0.2) is 29.4 Å². The average Bonchev–Trinajstić information content (AvgIpc) is 3.47. The van der Waals surface area contributed by atoms with Crippen molar-refractivity contribution in [3.63, 3.8) is 0 Å². The minimum absolute atomic E-state index is 0.464. The van der Waals surface area contributed by atoms with Crippen molar-refractivity contribution >= 4 is 24.1 Å². The number of aromatic nitrogens is 3. The molecule has 2 aliphatic rings. The van der Waals surface area contributed by atoms with Gasteiger partial charge in [-0.15, -0.1) is 0 Å². The van der Waals surface area contributed by atoms with E-state index in [1.54, 1.807) is 6.21 Å². The number of nitrogens with zero attached hydrogens (tertiary/aromatic N) is 6. The Kier molecular flexibility index (Phi) is 6.61. The van der Waals surface area contributed by atoms with Crippen molar-refractivity contribution in [2.45, 2.75) is 39.5 Å². The van der Waals surface area contributed by atoms with E-state index < -0.39 is 0 Å². The molecule has 4 rings (SSSR count). The summed E-state index contributed by atoms with van der Waals surface area (Å²) in [4.78, 5) is 18.4. The molecule has 0 radical (unpaired) electrons. The molecule has 2 saturated heterocycles. The van der Waals surface area contributed by atoms with Crippen LogP contribution >= 0.6 is 0 Å². The van der Waals surface area contributed by atoms with Crippen LogP contribution in [-0.4, -0.2) is 54.0 Å². The van der Waals surface area contributed by atoms with Gasteiger partial charge in [0.25, 0.3) is 0 Å². The van der Waals surface area contributed by atoms with Gasteiger partial charge in [-0.25, -0.2) is 5.43 Å². The molecular formula is C22H31N7O. The largest absolute Gasteiger partial charge is 0.493 e. The minimum Gasteiger partial charge on any atom is -0.493 e. The fourth-order valence-electron chi connectivity index (χ4n) is 3.66. The summed E-state index contributed by atoms with van der Waals surface area (Å²) >= 11 is 0. The van der Waals surface area contributed by atoms with Crippen LogP contribution in [0.2, 0.25) is 0 Å². The molecule has 30 heavy (non-hydrogen) atoms. The first kappa shape index (κ1) is 20.4. The minimum atomic E-state index is 0.464. The van der Waals surface area contributed by atoms with Crippen molar-refractivity contribution in [2.24, 2.45) is 11.0 Å². The highest BCUT2D eigenvalue weighted by molar-refractivity contribution is 5.83. The average molecular weight is 410 g/mol. The molecule has 0 spiro atoms. The molecule has 1 aromatic carbocycles. The molecule has 8 heteroatoms. The lowest BCUT2D eigenvalue weighted by Crippen LogP contribution is -2.25. The third-order valence-electron chi connectivity index (χ3n) is 5.25. The second kappa shape index (κ2) is 9.73. The first-order valence-corrected chi connectivity index (χ1v) is 11.0. The number of hydrogen-bond donors (Lipinski definition) is 1. The van der Waals surface area contributed by atoms with Crippen molar-refractivity contribution in [2.75, 3.05) is 48.0 Å². The van der Waals surface area contributed by atoms with Crippen molar-refractivity contribution < 1.29 is 4.74 Å². The molecule has 0 amide bonds. The van der Waals surface area contributed by atoms with Crippen LogP contribution in [-0.2, 0) is 0 Å². The highest BCUT2D eigenvalue weighted by Gasteiger charge is 2.21. The van der Waals surface area contributed by atoms with Gasteiger partial charge in [0, 0.05) is 31.7 Å². The summed E-state index contributed by atoms with van der Waals surface area (Å²) in [6, 6.07) is 7.89. The Morgan fingerprint density at radius 1 is 0.967 bits per heavy atom. The van der Waals surface area contributed by atoms with Gasteiger partial charge in [0.1, 0.15) is 5.75 Å². The Hall–Kier alpha value is -2.90. The molecule has 1 aromatic heterocycles. The zero-order valence-corrected chi connectivity index (χ0v) is 17.9. The van der Waals surface area contributed by atoms with Crippen LogP contribution in [0, 0.1) is 5.92 Å². The van der Waals surface area contributed by atoms with E-state index >= 15 is 0 Å². The van der Waals surface area contributed by atoms with E-state index in [0.29, 0.717) is 18.5 Å². The molecule has 3 heterocycles. The molecule has 1 N–H and O–H groups in total. The van der Waals surface area contributed by atoms with Crippen LogP contribution in [0.3, 0.4) is 0 Å². The van der Waals surface area contributed by atoms with Gasteiger partial charge < -0.3 is 14.5 Å². The third kappa shape index (κ3) is 5.17. The van der Waals surface area contributed by atoms with Gasteiger partial charge in [-0.1, -0.05) is 26.0 Å². The fraction of sp³-hybridized carbons (Fsp3) is 0.545. The van der Waals surface area contributed by atoms with E-state index in [9.17, 15) is 0 Å². The van der Waals surface area contributed by atoms with Gasteiger partial charge >= 0.3 is 0 Å². The number of hydrazone groups is 1. The molecule has 0 bridgehead atoms. The van der Waals surface area contributed by atoms with Crippen molar-refractivity contribution in [3.05, 3.63) is 29.8 Å². The van der Waals surface area contributed by atoms with Crippen LogP contribution in [0.1, 0.15) is 45.1 Å². The van der Waals surface area contributed by atoms with E-state index in [4.69, 9.17) is 9.72 Å². The fourth-order valence-corrected chi connectivity index (χ4v) is 3.66. The Morgan fingerprint density at radius 2 is 1.57 bits per heavy atom. The summed E-state index contributed by atoms with van der Waals surface area (Å²) < 4.78 is 5.90. The summed E-state index contributed by atoms with van der Waals surface area (Å²) in [5.74, 6) is 3.24. The Balaban J connectivity index is 1.51. The Labute approximate surface area is 178 Å². The van der Waals surface area contributed by atoms with Gasteiger partial charge in [-0.05, 0) is 43.7 Å². The summed E-state index contributed by atoms with van der Waals surface area (Å²) in [5.41, 5.74) is 3.93. The van der Waals surface area contributed by atoms with Crippen molar-refractivity contribution in [3.8, 4) is 5.75 Å². The number of nitrogens with one attached hydrogen (secondary N) is 1. The smallest absolute Gasteiger partial charge is 0.250 e. The lowest BCUT2D eigenvalue weighted by molar-refractivity contribution is 0.271. The molecule has 160 valence electrons. The molecule has 8 nitrogen and oxygen atoms in total. The second-order valence-corrected chi connectivity index (χ2v) is 8.26. The summed E-state index contributed by atoms with van der Waals surface area (Å²) in [7, 11) is 0. The number of rotatable bonds is 8. The second-order valence-electron chi connectivity index (χ2n) is 8.26. The molecule has 2 aromatic rings. The maximum atomic E-state index is 5.90. The lowest BCUT2D eigenvalue weighted by atomic mass is 10.2. The molecule has 0 atom stereocenters. The summed E-state index contributed by atoms with van der Waals surface area (Å²) in [6.45, 7) is 8.91. The molecule has 2 aliphatic heterocycles. The first-order chi connectivity index (χ1) is 14.7. The van der Waals surface area contributed by atoms with E-state index in [1.807, 2.05) is 24.3 Å². The quantitative estimate of drug-likeness (QED) is 0.527. The van der Waals surface area contributed by atoms with Gasteiger partial charge in [-0.3, -0.25) is 0 Å². The van der Waals surface area contributed by atoms with E-state index in [1.165, 1.54) is 25.7 Å². The van der Waals surface area contributed by atoms with E-state index in [2.05, 4.69) is 44.1 Å². The van der Waals surface area contributed by atoms with Gasteiger partial charge in [0.15, 0.2) is 0 Å².